The van der Waals surface area contributed by atoms with Crippen LogP contribution in [0.4, 0.5) is 0 Å². The minimum Gasteiger partial charge on any atom is -0.462 e. The van der Waals surface area contributed by atoms with Crippen molar-refractivity contribution in [3.8, 4) is 0 Å². The highest BCUT2D eigenvalue weighted by Crippen LogP contribution is 2.19. The minimum absolute atomic E-state index is 0.0610. The zero-order valence-electron chi connectivity index (χ0n) is 49.4. The van der Waals surface area contributed by atoms with Crippen molar-refractivity contribution in [2.24, 2.45) is 5.92 Å². The summed E-state index contributed by atoms with van der Waals surface area (Å²) in [6.45, 7) is 9.10. The number of unbranched alkanes of at least 4 members (excludes halogenated alkanes) is 48. The monoisotopic (exact) mass is 1020 g/mol. The molecule has 0 fully saturated rings. The van der Waals surface area contributed by atoms with Crippen LogP contribution in [0.2, 0.25) is 0 Å². The second kappa shape index (κ2) is 60.3. The molecule has 428 valence electrons. The van der Waals surface area contributed by atoms with Crippen LogP contribution >= 0.6 is 0 Å². The van der Waals surface area contributed by atoms with E-state index in [1.807, 2.05) is 0 Å². The molecular formula is C66H128O6. The van der Waals surface area contributed by atoms with Gasteiger partial charge in [-0.05, 0) is 25.2 Å². The average Bonchev–Trinajstić information content (AvgIpc) is 3.37. The molecule has 0 aliphatic rings. The second-order valence-electron chi connectivity index (χ2n) is 23.2. The van der Waals surface area contributed by atoms with Crippen LogP contribution in [0.15, 0.2) is 0 Å². The summed E-state index contributed by atoms with van der Waals surface area (Å²) in [5, 5.41) is 0. The molecule has 0 aromatic carbocycles. The van der Waals surface area contributed by atoms with Crippen molar-refractivity contribution in [1.29, 1.82) is 0 Å². The van der Waals surface area contributed by atoms with E-state index in [1.165, 1.54) is 276 Å². The van der Waals surface area contributed by atoms with Crippen molar-refractivity contribution in [2.75, 3.05) is 13.2 Å². The SMILES string of the molecule is CCCCCCCCCCCCCCCCCCCCCC(=O)OC[C@H](COC(=O)CCCCCCCCCCCCCCCCC(C)C)OC(=O)CCCCCCCCCCCCCCCCCCCC. The summed E-state index contributed by atoms with van der Waals surface area (Å²) < 4.78 is 17.0. The lowest BCUT2D eigenvalue weighted by Crippen LogP contribution is -2.30. The third kappa shape index (κ3) is 59.3. The van der Waals surface area contributed by atoms with Crippen LogP contribution in [0.3, 0.4) is 0 Å². The zero-order chi connectivity index (χ0) is 52.3. The number of rotatable bonds is 61. The maximum absolute atomic E-state index is 12.9. The van der Waals surface area contributed by atoms with Gasteiger partial charge in [-0.3, -0.25) is 14.4 Å². The molecule has 72 heavy (non-hydrogen) atoms. The van der Waals surface area contributed by atoms with Gasteiger partial charge in [0.2, 0.25) is 0 Å². The first-order valence-corrected chi connectivity index (χ1v) is 32.9. The maximum atomic E-state index is 12.9. The number of carbonyl (C=O) groups is 3. The average molecular weight is 1020 g/mol. The molecule has 0 rings (SSSR count). The Morgan fingerprint density at radius 1 is 0.264 bits per heavy atom. The number of hydrogen-bond acceptors (Lipinski definition) is 6. The zero-order valence-corrected chi connectivity index (χ0v) is 49.4. The van der Waals surface area contributed by atoms with E-state index in [2.05, 4.69) is 27.7 Å². The molecule has 0 unspecified atom stereocenters. The number of esters is 3. The number of hydrogen-bond donors (Lipinski definition) is 0. The molecule has 0 saturated heterocycles. The van der Waals surface area contributed by atoms with Crippen LogP contribution in [0.25, 0.3) is 0 Å². The highest BCUT2D eigenvalue weighted by Gasteiger charge is 2.19. The van der Waals surface area contributed by atoms with E-state index in [-0.39, 0.29) is 31.1 Å². The molecule has 0 aliphatic carbocycles. The minimum atomic E-state index is -0.763. The molecule has 0 radical (unpaired) electrons. The molecule has 6 heteroatoms. The molecule has 0 bridgehead atoms. The Balaban J connectivity index is 4.28. The van der Waals surface area contributed by atoms with Crippen LogP contribution in [0, 0.1) is 5.92 Å². The van der Waals surface area contributed by atoms with Gasteiger partial charge in [-0.1, -0.05) is 342 Å². The normalized spacial score (nSPS) is 12.0. The fourth-order valence-electron chi connectivity index (χ4n) is 10.3. The van der Waals surface area contributed by atoms with E-state index in [0.717, 1.165) is 63.7 Å². The molecular weight excluding hydrogens is 889 g/mol. The molecule has 0 aromatic heterocycles. The Bertz CT molecular complexity index is 1090. The Kier molecular flexibility index (Phi) is 58.9. The van der Waals surface area contributed by atoms with E-state index in [0.29, 0.717) is 19.3 Å². The van der Waals surface area contributed by atoms with Crippen LogP contribution in [0.1, 0.15) is 381 Å². The first-order chi connectivity index (χ1) is 35.4. The highest BCUT2D eigenvalue weighted by atomic mass is 16.6. The second-order valence-corrected chi connectivity index (χ2v) is 23.2. The third-order valence-electron chi connectivity index (χ3n) is 15.3. The maximum Gasteiger partial charge on any atom is 0.306 e. The van der Waals surface area contributed by atoms with Gasteiger partial charge in [0.25, 0.3) is 0 Å². The Morgan fingerprint density at radius 2 is 0.458 bits per heavy atom. The fraction of sp³-hybridized carbons (Fsp3) is 0.955. The summed E-state index contributed by atoms with van der Waals surface area (Å²) in [5.74, 6) is 0.0194. The molecule has 0 amide bonds. The van der Waals surface area contributed by atoms with E-state index in [9.17, 15) is 14.4 Å². The quantitative estimate of drug-likeness (QED) is 0.0343. The first kappa shape index (κ1) is 70.4. The van der Waals surface area contributed by atoms with E-state index >= 15 is 0 Å². The van der Waals surface area contributed by atoms with Crippen LogP contribution < -0.4 is 0 Å². The van der Waals surface area contributed by atoms with Crippen molar-refractivity contribution in [2.45, 2.75) is 387 Å². The molecule has 0 aromatic rings. The summed E-state index contributed by atoms with van der Waals surface area (Å²) in [4.78, 5) is 38.4. The summed E-state index contributed by atoms with van der Waals surface area (Å²) in [6.07, 6.45) is 68.2. The lowest BCUT2D eigenvalue weighted by molar-refractivity contribution is -0.167. The Morgan fingerprint density at radius 3 is 0.681 bits per heavy atom. The van der Waals surface area contributed by atoms with Gasteiger partial charge in [-0.15, -0.1) is 0 Å². The van der Waals surface area contributed by atoms with Gasteiger partial charge in [0.05, 0.1) is 0 Å². The van der Waals surface area contributed by atoms with Crippen LogP contribution in [-0.2, 0) is 28.6 Å². The standard InChI is InChI=1S/C66H128O6/c1-5-7-9-11-13-15-17-19-21-23-25-27-28-33-37-41-45-49-53-57-64(67)70-60-63(61-71-65(68)58-54-50-46-42-38-34-31-30-32-36-40-44-48-52-56-62(3)4)72-66(69)59-55-51-47-43-39-35-29-26-24-22-20-18-16-14-12-10-8-6-2/h62-63H,5-61H2,1-4H3/t63-/m1/s1. The summed E-state index contributed by atoms with van der Waals surface area (Å²) in [7, 11) is 0. The molecule has 0 N–H and O–H groups in total. The van der Waals surface area contributed by atoms with Gasteiger partial charge >= 0.3 is 17.9 Å². The predicted molar refractivity (Wildman–Crippen MR) is 312 cm³/mol. The van der Waals surface area contributed by atoms with E-state index in [4.69, 9.17) is 14.2 Å². The van der Waals surface area contributed by atoms with E-state index < -0.39 is 6.10 Å². The topological polar surface area (TPSA) is 78.9 Å². The van der Waals surface area contributed by atoms with Gasteiger partial charge in [-0.25, -0.2) is 0 Å². The largest absolute Gasteiger partial charge is 0.462 e. The lowest BCUT2D eigenvalue weighted by Gasteiger charge is -2.18. The van der Waals surface area contributed by atoms with Crippen molar-refractivity contribution >= 4 is 17.9 Å². The molecule has 0 spiro atoms. The van der Waals surface area contributed by atoms with Gasteiger partial charge in [-0.2, -0.15) is 0 Å². The molecule has 6 nitrogen and oxygen atoms in total. The van der Waals surface area contributed by atoms with Crippen molar-refractivity contribution in [3.05, 3.63) is 0 Å². The van der Waals surface area contributed by atoms with Crippen molar-refractivity contribution < 1.29 is 28.6 Å². The molecule has 1 atom stereocenters. The number of carbonyl (C=O) groups excluding carboxylic acids is 3. The van der Waals surface area contributed by atoms with Gasteiger partial charge in [0, 0.05) is 19.3 Å². The predicted octanol–water partition coefficient (Wildman–Crippen LogP) is 22.1. The molecule has 0 saturated carbocycles. The smallest absolute Gasteiger partial charge is 0.306 e. The summed E-state index contributed by atoms with van der Waals surface area (Å²) in [6, 6.07) is 0. The fourth-order valence-corrected chi connectivity index (χ4v) is 10.3. The van der Waals surface area contributed by atoms with Crippen LogP contribution in [-0.4, -0.2) is 37.2 Å². The van der Waals surface area contributed by atoms with Gasteiger partial charge in [0.15, 0.2) is 6.10 Å². The van der Waals surface area contributed by atoms with E-state index in [1.54, 1.807) is 0 Å². The molecule has 0 aliphatic heterocycles. The summed E-state index contributed by atoms with van der Waals surface area (Å²) in [5.41, 5.74) is 0. The van der Waals surface area contributed by atoms with Gasteiger partial charge in [0.1, 0.15) is 13.2 Å². The first-order valence-electron chi connectivity index (χ1n) is 32.9. The third-order valence-corrected chi connectivity index (χ3v) is 15.3. The summed E-state index contributed by atoms with van der Waals surface area (Å²) >= 11 is 0. The Labute approximate surface area is 450 Å². The Hall–Kier alpha value is -1.59. The van der Waals surface area contributed by atoms with Crippen LogP contribution in [0.5, 0.6) is 0 Å². The molecule has 0 heterocycles. The highest BCUT2D eigenvalue weighted by molar-refractivity contribution is 5.71. The van der Waals surface area contributed by atoms with Crippen molar-refractivity contribution in [3.63, 3.8) is 0 Å². The number of ether oxygens (including phenoxy) is 3. The van der Waals surface area contributed by atoms with Gasteiger partial charge < -0.3 is 14.2 Å². The lowest BCUT2D eigenvalue weighted by atomic mass is 10.0. The van der Waals surface area contributed by atoms with Crippen molar-refractivity contribution in [1.82, 2.24) is 0 Å².